The Labute approximate surface area is 186 Å². The van der Waals surface area contributed by atoms with Gasteiger partial charge in [-0.05, 0) is 36.4 Å². The van der Waals surface area contributed by atoms with Crippen LogP contribution in [-0.4, -0.2) is 47.2 Å². The fourth-order valence-electron chi connectivity index (χ4n) is 2.95. The number of ether oxygens (including phenoxy) is 3. The van der Waals surface area contributed by atoms with E-state index in [0.717, 1.165) is 4.31 Å². The van der Waals surface area contributed by atoms with E-state index < -0.39 is 22.5 Å². The molecule has 0 spiro atoms. The van der Waals surface area contributed by atoms with Crippen LogP contribution in [0.2, 0.25) is 0 Å². The third-order valence-corrected chi connectivity index (χ3v) is 6.27. The first kappa shape index (κ1) is 22.9. The van der Waals surface area contributed by atoms with Gasteiger partial charge in [-0.25, -0.2) is 8.42 Å². The summed E-state index contributed by atoms with van der Waals surface area (Å²) in [6.07, 6.45) is 3.03. The number of carbonyl (C=O) groups excluding carboxylic acids is 1. The van der Waals surface area contributed by atoms with Crippen LogP contribution in [0.5, 0.6) is 17.2 Å². The quantitative estimate of drug-likeness (QED) is 0.526. The Kier molecular flexibility index (Phi) is 7.16. The Hall–Kier alpha value is -3.79. The van der Waals surface area contributed by atoms with Gasteiger partial charge >= 0.3 is 0 Å². The van der Waals surface area contributed by atoms with Crippen LogP contribution in [0, 0.1) is 0 Å². The van der Waals surface area contributed by atoms with E-state index in [1.54, 1.807) is 42.6 Å². The highest BCUT2D eigenvalue weighted by atomic mass is 32.2. The highest BCUT2D eigenvalue weighted by Gasteiger charge is 2.30. The average Bonchev–Trinajstić information content (AvgIpc) is 2.82. The molecule has 168 valence electrons. The van der Waals surface area contributed by atoms with Crippen LogP contribution in [0.4, 0.5) is 11.4 Å². The number of sulfonamides is 1. The highest BCUT2D eigenvalue weighted by molar-refractivity contribution is 7.92. The maximum Gasteiger partial charge on any atom is 0.265 e. The SMILES string of the molecule is COc1cccc(S(=O)(=O)N(CC(=O)Nc2cccnc2)c2cc(OC)ccc2OC)c1. The molecule has 10 heteroatoms. The predicted octanol–water partition coefficient (Wildman–Crippen LogP) is 2.94. The summed E-state index contributed by atoms with van der Waals surface area (Å²) in [5.41, 5.74) is 0.588. The Morgan fingerprint density at radius 1 is 0.969 bits per heavy atom. The van der Waals surface area contributed by atoms with Crippen molar-refractivity contribution in [3.05, 3.63) is 67.0 Å². The molecule has 0 saturated heterocycles. The fourth-order valence-corrected chi connectivity index (χ4v) is 4.41. The summed E-state index contributed by atoms with van der Waals surface area (Å²) in [6.45, 7) is -0.516. The zero-order valence-electron chi connectivity index (χ0n) is 17.8. The van der Waals surface area contributed by atoms with Gasteiger partial charge in [0.05, 0.1) is 43.8 Å². The summed E-state index contributed by atoms with van der Waals surface area (Å²) in [7, 11) is 0.124. The number of hydrogen-bond acceptors (Lipinski definition) is 7. The molecule has 0 aliphatic carbocycles. The molecule has 0 aliphatic rings. The maximum atomic E-state index is 13.6. The molecule has 0 aliphatic heterocycles. The first-order chi connectivity index (χ1) is 15.4. The molecule has 3 rings (SSSR count). The first-order valence-electron chi connectivity index (χ1n) is 9.47. The Morgan fingerprint density at radius 3 is 2.38 bits per heavy atom. The number of benzene rings is 2. The number of hydrogen-bond donors (Lipinski definition) is 1. The second kappa shape index (κ2) is 10.0. The number of nitrogens with one attached hydrogen (secondary N) is 1. The number of aromatic nitrogens is 1. The second-order valence-corrected chi connectivity index (χ2v) is 8.38. The molecule has 0 bridgehead atoms. The smallest absolute Gasteiger partial charge is 0.265 e. The largest absolute Gasteiger partial charge is 0.497 e. The van der Waals surface area contributed by atoms with E-state index in [9.17, 15) is 13.2 Å². The van der Waals surface area contributed by atoms with E-state index in [1.165, 1.54) is 45.7 Å². The lowest BCUT2D eigenvalue weighted by atomic mass is 10.2. The van der Waals surface area contributed by atoms with Crippen molar-refractivity contribution in [3.63, 3.8) is 0 Å². The zero-order chi connectivity index (χ0) is 23.1. The van der Waals surface area contributed by atoms with Crippen molar-refractivity contribution in [3.8, 4) is 17.2 Å². The van der Waals surface area contributed by atoms with Crippen molar-refractivity contribution in [2.45, 2.75) is 4.90 Å². The lowest BCUT2D eigenvalue weighted by Crippen LogP contribution is -2.38. The minimum Gasteiger partial charge on any atom is -0.497 e. The molecule has 0 radical (unpaired) electrons. The number of nitrogens with zero attached hydrogens (tertiary/aromatic N) is 2. The molecule has 0 fully saturated rings. The molecule has 0 unspecified atom stereocenters. The fraction of sp³-hybridized carbons (Fsp3) is 0.182. The van der Waals surface area contributed by atoms with Gasteiger partial charge in [-0.2, -0.15) is 0 Å². The minimum absolute atomic E-state index is 0.0455. The molecule has 1 aromatic heterocycles. The Morgan fingerprint density at radius 2 is 1.72 bits per heavy atom. The summed E-state index contributed by atoms with van der Waals surface area (Å²) >= 11 is 0. The van der Waals surface area contributed by atoms with Crippen LogP contribution < -0.4 is 23.8 Å². The third kappa shape index (κ3) is 5.09. The second-order valence-electron chi connectivity index (χ2n) is 6.52. The van der Waals surface area contributed by atoms with Crippen LogP contribution >= 0.6 is 0 Å². The summed E-state index contributed by atoms with van der Waals surface area (Å²) in [4.78, 5) is 16.7. The van der Waals surface area contributed by atoms with Crippen molar-refractivity contribution < 1.29 is 27.4 Å². The highest BCUT2D eigenvalue weighted by Crippen LogP contribution is 2.36. The van der Waals surface area contributed by atoms with E-state index in [0.29, 0.717) is 17.2 Å². The molecule has 0 saturated carbocycles. The van der Waals surface area contributed by atoms with E-state index in [4.69, 9.17) is 14.2 Å². The van der Waals surface area contributed by atoms with E-state index >= 15 is 0 Å². The van der Waals surface area contributed by atoms with Gasteiger partial charge in [0.15, 0.2) is 0 Å². The standard InChI is InChI=1S/C22H23N3O6S/c1-29-17-7-4-8-19(12-17)32(27,28)25(15-22(26)24-16-6-5-11-23-14-16)20-13-18(30-2)9-10-21(20)31-3/h4-14H,15H2,1-3H3,(H,24,26). The van der Waals surface area contributed by atoms with E-state index in [-0.39, 0.29) is 16.3 Å². The van der Waals surface area contributed by atoms with Gasteiger partial charge in [-0.3, -0.25) is 14.1 Å². The Balaban J connectivity index is 2.07. The molecule has 9 nitrogen and oxygen atoms in total. The Bertz CT molecular complexity index is 1190. The van der Waals surface area contributed by atoms with Crippen LogP contribution in [0.3, 0.4) is 0 Å². The molecule has 32 heavy (non-hydrogen) atoms. The van der Waals surface area contributed by atoms with E-state index in [1.807, 2.05) is 0 Å². The van der Waals surface area contributed by atoms with Gasteiger partial charge in [0.25, 0.3) is 10.0 Å². The summed E-state index contributed by atoms with van der Waals surface area (Å²) in [5, 5.41) is 2.65. The minimum atomic E-state index is -4.19. The number of methoxy groups -OCH3 is 3. The van der Waals surface area contributed by atoms with Crippen LogP contribution in [0.15, 0.2) is 71.9 Å². The zero-order valence-corrected chi connectivity index (χ0v) is 18.6. The van der Waals surface area contributed by atoms with Gasteiger partial charge in [-0.1, -0.05) is 6.07 Å². The number of pyridine rings is 1. The monoisotopic (exact) mass is 457 g/mol. The molecular formula is C22H23N3O6S. The van der Waals surface area contributed by atoms with Crippen molar-refractivity contribution in [2.75, 3.05) is 37.5 Å². The lowest BCUT2D eigenvalue weighted by Gasteiger charge is -2.26. The molecule has 3 aromatic rings. The number of amides is 1. The average molecular weight is 458 g/mol. The number of anilines is 2. The van der Waals surface area contributed by atoms with Crippen molar-refractivity contribution in [1.82, 2.24) is 4.98 Å². The molecule has 1 N–H and O–H groups in total. The maximum absolute atomic E-state index is 13.6. The van der Waals surface area contributed by atoms with Gasteiger partial charge in [0, 0.05) is 18.3 Å². The van der Waals surface area contributed by atoms with Gasteiger partial charge < -0.3 is 19.5 Å². The number of carbonyl (C=O) groups is 1. The molecule has 1 heterocycles. The van der Waals surface area contributed by atoms with Gasteiger partial charge in [-0.15, -0.1) is 0 Å². The van der Waals surface area contributed by atoms with Crippen LogP contribution in [-0.2, 0) is 14.8 Å². The van der Waals surface area contributed by atoms with Crippen molar-refractivity contribution >= 4 is 27.3 Å². The number of rotatable bonds is 9. The lowest BCUT2D eigenvalue weighted by molar-refractivity contribution is -0.114. The van der Waals surface area contributed by atoms with E-state index in [2.05, 4.69) is 10.3 Å². The summed E-state index contributed by atoms with van der Waals surface area (Å²) in [6, 6.07) is 14.0. The summed E-state index contributed by atoms with van der Waals surface area (Å²) < 4.78 is 44.0. The predicted molar refractivity (Wildman–Crippen MR) is 120 cm³/mol. The van der Waals surface area contributed by atoms with Gasteiger partial charge in [0.1, 0.15) is 23.8 Å². The molecule has 2 aromatic carbocycles. The first-order valence-corrected chi connectivity index (χ1v) is 10.9. The molecule has 0 atom stereocenters. The molecule has 1 amide bonds. The normalized spacial score (nSPS) is 10.8. The molecular weight excluding hydrogens is 434 g/mol. The van der Waals surface area contributed by atoms with Gasteiger partial charge in [0.2, 0.25) is 5.91 Å². The summed E-state index contributed by atoms with van der Waals surface area (Å²) in [5.74, 6) is 0.462. The van der Waals surface area contributed by atoms with Crippen molar-refractivity contribution in [1.29, 1.82) is 0 Å². The van der Waals surface area contributed by atoms with Crippen molar-refractivity contribution in [2.24, 2.45) is 0 Å². The third-order valence-electron chi connectivity index (χ3n) is 4.52. The van der Waals surface area contributed by atoms with Crippen LogP contribution in [0.25, 0.3) is 0 Å². The van der Waals surface area contributed by atoms with Crippen LogP contribution in [0.1, 0.15) is 0 Å². The topological polar surface area (TPSA) is 107 Å².